The van der Waals surface area contributed by atoms with Gasteiger partial charge < -0.3 is 0 Å². The van der Waals surface area contributed by atoms with E-state index in [4.69, 9.17) is 5.84 Å². The van der Waals surface area contributed by atoms with Gasteiger partial charge in [-0.15, -0.1) is 6.58 Å². The predicted octanol–water partition coefficient (Wildman–Crippen LogP) is 1.41. The average molecular weight is 202 g/mol. The fraction of sp³-hybridized carbons (Fsp3) is 0.182. The molecule has 78 valence electrons. The highest BCUT2D eigenvalue weighted by Gasteiger charge is 2.12. The maximum Gasteiger partial charge on any atom is 0.0710 e. The van der Waals surface area contributed by atoms with Crippen molar-refractivity contribution in [1.29, 1.82) is 0 Å². The van der Waals surface area contributed by atoms with Crippen molar-refractivity contribution in [1.82, 2.24) is 15.0 Å². The molecular formula is C11H14N4. The summed E-state index contributed by atoms with van der Waals surface area (Å²) in [5, 5.41) is 4.26. The number of rotatable bonds is 4. The van der Waals surface area contributed by atoms with Crippen LogP contribution in [-0.4, -0.2) is 9.61 Å². The van der Waals surface area contributed by atoms with Gasteiger partial charge in [0, 0.05) is 11.8 Å². The molecule has 15 heavy (non-hydrogen) atoms. The number of fused-ring (bicyclic) bond motifs is 1. The molecule has 0 aliphatic heterocycles. The van der Waals surface area contributed by atoms with Crippen LogP contribution in [-0.2, 0) is 0 Å². The minimum Gasteiger partial charge on any atom is -0.271 e. The van der Waals surface area contributed by atoms with Crippen LogP contribution in [0, 0.1) is 0 Å². The van der Waals surface area contributed by atoms with Crippen molar-refractivity contribution < 1.29 is 0 Å². The quantitative estimate of drug-likeness (QED) is 0.448. The number of hydrazine groups is 1. The minimum absolute atomic E-state index is 0.0717. The molecule has 0 aromatic carbocycles. The van der Waals surface area contributed by atoms with Crippen molar-refractivity contribution in [2.24, 2.45) is 5.84 Å². The van der Waals surface area contributed by atoms with Crippen LogP contribution >= 0.6 is 0 Å². The zero-order valence-corrected chi connectivity index (χ0v) is 8.43. The zero-order chi connectivity index (χ0) is 10.7. The summed E-state index contributed by atoms with van der Waals surface area (Å²) in [5.74, 6) is 5.51. The smallest absolute Gasteiger partial charge is 0.0710 e. The Morgan fingerprint density at radius 1 is 1.60 bits per heavy atom. The monoisotopic (exact) mass is 202 g/mol. The van der Waals surface area contributed by atoms with Gasteiger partial charge in [-0.3, -0.25) is 11.3 Å². The van der Waals surface area contributed by atoms with Gasteiger partial charge in [0.05, 0.1) is 17.8 Å². The van der Waals surface area contributed by atoms with Crippen LogP contribution < -0.4 is 11.3 Å². The van der Waals surface area contributed by atoms with Crippen LogP contribution in [0.2, 0.25) is 0 Å². The van der Waals surface area contributed by atoms with Crippen molar-refractivity contribution in [2.75, 3.05) is 0 Å². The molecule has 2 rings (SSSR count). The first-order chi connectivity index (χ1) is 7.36. The maximum atomic E-state index is 5.51. The number of hydrogen-bond donors (Lipinski definition) is 2. The molecular weight excluding hydrogens is 188 g/mol. The Morgan fingerprint density at radius 3 is 3.20 bits per heavy atom. The molecule has 0 radical (unpaired) electrons. The van der Waals surface area contributed by atoms with Gasteiger partial charge in [-0.1, -0.05) is 12.1 Å². The van der Waals surface area contributed by atoms with E-state index in [1.54, 1.807) is 0 Å². The molecule has 4 heteroatoms. The van der Waals surface area contributed by atoms with Gasteiger partial charge in [-0.25, -0.2) is 4.52 Å². The Hall–Kier alpha value is -1.65. The zero-order valence-electron chi connectivity index (χ0n) is 8.43. The first-order valence-corrected chi connectivity index (χ1v) is 4.86. The number of nitrogens with two attached hydrogens (primary N) is 1. The molecule has 3 N–H and O–H groups in total. The van der Waals surface area contributed by atoms with E-state index in [-0.39, 0.29) is 6.04 Å². The number of pyridine rings is 1. The summed E-state index contributed by atoms with van der Waals surface area (Å²) in [4.78, 5) is 0. The Bertz CT molecular complexity index is 460. The highest BCUT2D eigenvalue weighted by Crippen LogP contribution is 2.20. The lowest BCUT2D eigenvalue weighted by Crippen LogP contribution is -2.27. The van der Waals surface area contributed by atoms with Gasteiger partial charge in [0.2, 0.25) is 0 Å². The lowest BCUT2D eigenvalue weighted by Gasteiger charge is -2.11. The van der Waals surface area contributed by atoms with Crippen LogP contribution in [0.3, 0.4) is 0 Å². The van der Waals surface area contributed by atoms with E-state index in [9.17, 15) is 0 Å². The lowest BCUT2D eigenvalue weighted by molar-refractivity contribution is 0.565. The van der Waals surface area contributed by atoms with Crippen molar-refractivity contribution >= 4 is 5.52 Å². The molecule has 2 aromatic rings. The number of aromatic nitrogens is 2. The average Bonchev–Trinajstić information content (AvgIpc) is 2.70. The molecule has 0 fully saturated rings. The van der Waals surface area contributed by atoms with Gasteiger partial charge in [-0.2, -0.15) is 5.10 Å². The lowest BCUT2D eigenvalue weighted by atomic mass is 10.1. The number of nitrogens with one attached hydrogen (secondary N) is 1. The van der Waals surface area contributed by atoms with Gasteiger partial charge in [0.15, 0.2) is 0 Å². The Labute approximate surface area is 88.4 Å². The second kappa shape index (κ2) is 4.25. The molecule has 1 unspecified atom stereocenters. The second-order valence-corrected chi connectivity index (χ2v) is 3.37. The van der Waals surface area contributed by atoms with Crippen molar-refractivity contribution in [2.45, 2.75) is 12.5 Å². The Morgan fingerprint density at radius 2 is 2.47 bits per heavy atom. The highest BCUT2D eigenvalue weighted by atomic mass is 15.3. The van der Waals surface area contributed by atoms with Crippen LogP contribution in [0.15, 0.2) is 43.2 Å². The van der Waals surface area contributed by atoms with Crippen LogP contribution in [0.5, 0.6) is 0 Å². The van der Waals surface area contributed by atoms with Crippen molar-refractivity contribution in [3.05, 3.63) is 48.8 Å². The van der Waals surface area contributed by atoms with E-state index >= 15 is 0 Å². The third-order valence-electron chi connectivity index (χ3n) is 2.44. The summed E-state index contributed by atoms with van der Waals surface area (Å²) in [5.41, 5.74) is 4.94. The van der Waals surface area contributed by atoms with E-state index in [0.29, 0.717) is 0 Å². The van der Waals surface area contributed by atoms with Gasteiger partial charge in [-0.05, 0) is 18.6 Å². The Balaban J connectivity index is 2.45. The van der Waals surface area contributed by atoms with Gasteiger partial charge in [0.25, 0.3) is 0 Å². The molecule has 0 spiro atoms. The third-order valence-corrected chi connectivity index (χ3v) is 2.44. The largest absolute Gasteiger partial charge is 0.271 e. The summed E-state index contributed by atoms with van der Waals surface area (Å²) in [6.45, 7) is 3.72. The highest BCUT2D eigenvalue weighted by molar-refractivity contribution is 5.54. The summed E-state index contributed by atoms with van der Waals surface area (Å²) >= 11 is 0. The molecule has 4 nitrogen and oxygen atoms in total. The second-order valence-electron chi connectivity index (χ2n) is 3.37. The molecule has 0 bridgehead atoms. The minimum atomic E-state index is 0.0717. The molecule has 2 heterocycles. The normalized spacial score (nSPS) is 12.9. The third kappa shape index (κ3) is 1.77. The molecule has 0 aliphatic rings. The summed E-state index contributed by atoms with van der Waals surface area (Å²) in [7, 11) is 0. The summed E-state index contributed by atoms with van der Waals surface area (Å²) < 4.78 is 1.84. The molecule has 0 saturated heterocycles. The van der Waals surface area contributed by atoms with Crippen LogP contribution in [0.1, 0.15) is 18.0 Å². The van der Waals surface area contributed by atoms with E-state index in [2.05, 4.69) is 17.1 Å². The van der Waals surface area contributed by atoms with E-state index in [1.165, 1.54) is 0 Å². The first-order valence-electron chi connectivity index (χ1n) is 4.86. The first kappa shape index (κ1) is 9.89. The van der Waals surface area contributed by atoms with Gasteiger partial charge in [0.1, 0.15) is 0 Å². The van der Waals surface area contributed by atoms with E-state index in [1.807, 2.05) is 41.2 Å². The van der Waals surface area contributed by atoms with E-state index < -0.39 is 0 Å². The Kier molecular flexibility index (Phi) is 2.80. The fourth-order valence-electron chi connectivity index (χ4n) is 1.67. The van der Waals surface area contributed by atoms with Crippen LogP contribution in [0.4, 0.5) is 0 Å². The fourth-order valence-corrected chi connectivity index (χ4v) is 1.67. The molecule has 0 aliphatic carbocycles. The van der Waals surface area contributed by atoms with Gasteiger partial charge >= 0.3 is 0 Å². The molecule has 2 aromatic heterocycles. The maximum absolute atomic E-state index is 5.51. The molecule has 1 atom stereocenters. The summed E-state index contributed by atoms with van der Waals surface area (Å²) in [6.07, 6.45) is 6.38. The standard InChI is InChI=1S/C11H14N4/c1-2-5-10(14-12)9-8-13-15-7-4-3-6-11(9)15/h2-4,6-8,10,14H,1,5,12H2. The van der Waals surface area contributed by atoms with Crippen LogP contribution in [0.25, 0.3) is 5.52 Å². The molecule has 0 amide bonds. The predicted molar refractivity (Wildman–Crippen MR) is 60.1 cm³/mol. The van der Waals surface area contributed by atoms with Crippen molar-refractivity contribution in [3.63, 3.8) is 0 Å². The van der Waals surface area contributed by atoms with Crippen molar-refractivity contribution in [3.8, 4) is 0 Å². The van der Waals surface area contributed by atoms with E-state index in [0.717, 1.165) is 17.5 Å². The molecule has 0 saturated carbocycles. The number of nitrogens with zero attached hydrogens (tertiary/aromatic N) is 2. The SMILES string of the molecule is C=CCC(NN)c1cnn2ccccc12. The summed E-state index contributed by atoms with van der Waals surface area (Å²) in [6, 6.07) is 6.03. The number of hydrogen-bond acceptors (Lipinski definition) is 3. The topological polar surface area (TPSA) is 55.3 Å².